The summed E-state index contributed by atoms with van der Waals surface area (Å²) in [6, 6.07) is 0.403. The van der Waals surface area contributed by atoms with E-state index >= 15 is 0 Å². The number of hydrogen-bond donors (Lipinski definition) is 1. The van der Waals surface area contributed by atoms with Crippen LogP contribution in [0.2, 0.25) is 0 Å². The van der Waals surface area contributed by atoms with Crippen LogP contribution in [0.15, 0.2) is 6.33 Å². The number of aromatic nitrogens is 3. The summed E-state index contributed by atoms with van der Waals surface area (Å²) >= 11 is 0. The Morgan fingerprint density at radius 2 is 2.05 bits per heavy atom. The first kappa shape index (κ1) is 15.4. The fourth-order valence-corrected chi connectivity index (χ4v) is 3.44. The van der Waals surface area contributed by atoms with Crippen molar-refractivity contribution in [2.24, 2.45) is 0 Å². The molecule has 0 spiro atoms. The van der Waals surface area contributed by atoms with Gasteiger partial charge in [-0.1, -0.05) is 6.92 Å². The molecule has 0 saturated carbocycles. The molecule has 5 nitrogen and oxygen atoms in total. The smallest absolute Gasteiger partial charge is 0.138 e. The number of aryl methyl sites for hydroxylation is 1. The minimum atomic E-state index is 0.190. The quantitative estimate of drug-likeness (QED) is 0.825. The predicted molar refractivity (Wildman–Crippen MR) is 81.8 cm³/mol. The Labute approximate surface area is 122 Å². The van der Waals surface area contributed by atoms with E-state index in [1.807, 2.05) is 4.68 Å². The monoisotopic (exact) mass is 279 g/mol. The van der Waals surface area contributed by atoms with Gasteiger partial charge >= 0.3 is 0 Å². The number of likely N-dealkylation sites (N-methyl/N-ethyl adjacent to an activating group) is 1. The van der Waals surface area contributed by atoms with Gasteiger partial charge in [0.05, 0.1) is 0 Å². The average molecular weight is 279 g/mol. The Morgan fingerprint density at radius 3 is 2.60 bits per heavy atom. The summed E-state index contributed by atoms with van der Waals surface area (Å²) in [6.45, 7) is 10.1. The van der Waals surface area contributed by atoms with Crippen LogP contribution in [-0.4, -0.2) is 51.4 Å². The van der Waals surface area contributed by atoms with Crippen LogP contribution < -0.4 is 5.32 Å². The predicted octanol–water partition coefficient (Wildman–Crippen LogP) is 1.69. The van der Waals surface area contributed by atoms with Crippen LogP contribution in [0.5, 0.6) is 0 Å². The Bertz CT molecular complexity index is 410. The third kappa shape index (κ3) is 2.88. The molecule has 1 fully saturated rings. The van der Waals surface area contributed by atoms with E-state index in [9.17, 15) is 0 Å². The van der Waals surface area contributed by atoms with Gasteiger partial charge in [0.25, 0.3) is 0 Å². The van der Waals surface area contributed by atoms with Crippen LogP contribution in [-0.2, 0) is 13.0 Å². The van der Waals surface area contributed by atoms with E-state index in [2.05, 4.69) is 48.1 Å². The van der Waals surface area contributed by atoms with E-state index in [0.717, 1.165) is 25.2 Å². The zero-order chi connectivity index (χ0) is 14.6. The van der Waals surface area contributed by atoms with E-state index in [4.69, 9.17) is 0 Å². The van der Waals surface area contributed by atoms with Crippen LogP contribution in [0.3, 0.4) is 0 Å². The van der Waals surface area contributed by atoms with Crippen molar-refractivity contribution in [1.29, 1.82) is 0 Å². The number of likely N-dealkylation sites (tertiary alicyclic amines) is 1. The second kappa shape index (κ2) is 6.68. The van der Waals surface area contributed by atoms with Gasteiger partial charge in [0.2, 0.25) is 0 Å². The van der Waals surface area contributed by atoms with E-state index in [0.29, 0.717) is 6.04 Å². The standard InChI is InChI=1S/C15H29N5/c1-5-15(3,19-9-7-8-10-19)13(16-4)11-14-17-12-18-20(14)6-2/h12-13,16H,5-11H2,1-4H3. The van der Waals surface area contributed by atoms with Crippen LogP contribution in [0.1, 0.15) is 45.9 Å². The van der Waals surface area contributed by atoms with Gasteiger partial charge in [0.1, 0.15) is 12.2 Å². The summed E-state index contributed by atoms with van der Waals surface area (Å²) in [4.78, 5) is 7.10. The Morgan fingerprint density at radius 1 is 1.35 bits per heavy atom. The lowest BCUT2D eigenvalue weighted by atomic mass is 9.85. The minimum absolute atomic E-state index is 0.190. The molecule has 20 heavy (non-hydrogen) atoms. The first-order chi connectivity index (χ1) is 9.65. The van der Waals surface area contributed by atoms with Gasteiger partial charge in [-0.2, -0.15) is 5.10 Å². The second-order valence-electron chi connectivity index (χ2n) is 5.94. The molecule has 0 aliphatic carbocycles. The maximum Gasteiger partial charge on any atom is 0.138 e. The number of hydrogen-bond acceptors (Lipinski definition) is 4. The van der Waals surface area contributed by atoms with Gasteiger partial charge in [-0.25, -0.2) is 4.98 Å². The fourth-order valence-electron chi connectivity index (χ4n) is 3.44. The molecule has 114 valence electrons. The summed E-state index contributed by atoms with van der Waals surface area (Å²) < 4.78 is 2.00. The van der Waals surface area contributed by atoms with Crippen LogP contribution in [0.25, 0.3) is 0 Å². The molecule has 1 aromatic rings. The molecular weight excluding hydrogens is 250 g/mol. The Kier molecular flexibility index (Phi) is 5.16. The van der Waals surface area contributed by atoms with E-state index < -0.39 is 0 Å². The summed E-state index contributed by atoms with van der Waals surface area (Å²) in [5.74, 6) is 1.09. The number of rotatable bonds is 7. The third-order valence-corrected chi connectivity index (χ3v) is 5.03. The Hall–Kier alpha value is -0.940. The van der Waals surface area contributed by atoms with Gasteiger partial charge in [-0.3, -0.25) is 9.58 Å². The van der Waals surface area contributed by atoms with Gasteiger partial charge in [0.15, 0.2) is 0 Å². The van der Waals surface area contributed by atoms with Crippen molar-refractivity contribution in [3.05, 3.63) is 12.2 Å². The van der Waals surface area contributed by atoms with Crippen molar-refractivity contribution in [1.82, 2.24) is 25.0 Å². The van der Waals surface area contributed by atoms with Crippen molar-refractivity contribution >= 4 is 0 Å². The van der Waals surface area contributed by atoms with Crippen molar-refractivity contribution in [2.75, 3.05) is 20.1 Å². The molecule has 2 heterocycles. The molecule has 2 atom stereocenters. The average Bonchev–Trinajstić information content (AvgIpc) is 3.14. The molecule has 0 aromatic carbocycles. The molecular formula is C15H29N5. The van der Waals surface area contributed by atoms with Crippen molar-refractivity contribution < 1.29 is 0 Å². The molecule has 1 aliphatic rings. The summed E-state index contributed by atoms with van der Waals surface area (Å²) in [6.07, 6.45) is 6.42. The molecule has 1 aliphatic heterocycles. The number of nitrogens with zero attached hydrogens (tertiary/aromatic N) is 4. The SMILES string of the molecule is CCn1ncnc1CC(NC)C(C)(CC)N1CCCC1. The molecule has 2 rings (SSSR count). The van der Waals surface area contributed by atoms with Gasteiger partial charge in [-0.15, -0.1) is 0 Å². The topological polar surface area (TPSA) is 46.0 Å². The normalized spacial score (nSPS) is 21.0. The second-order valence-corrected chi connectivity index (χ2v) is 5.94. The van der Waals surface area contributed by atoms with E-state index in [-0.39, 0.29) is 5.54 Å². The zero-order valence-corrected chi connectivity index (χ0v) is 13.4. The first-order valence-electron chi connectivity index (χ1n) is 7.94. The van der Waals surface area contributed by atoms with Gasteiger partial charge < -0.3 is 5.32 Å². The van der Waals surface area contributed by atoms with Crippen LogP contribution in [0.4, 0.5) is 0 Å². The van der Waals surface area contributed by atoms with E-state index in [1.165, 1.54) is 25.9 Å². The van der Waals surface area contributed by atoms with E-state index in [1.54, 1.807) is 6.33 Å². The molecule has 2 unspecified atom stereocenters. The largest absolute Gasteiger partial charge is 0.315 e. The molecule has 1 saturated heterocycles. The maximum absolute atomic E-state index is 4.44. The third-order valence-electron chi connectivity index (χ3n) is 5.03. The fraction of sp³-hybridized carbons (Fsp3) is 0.867. The maximum atomic E-state index is 4.44. The van der Waals surface area contributed by atoms with Gasteiger partial charge in [-0.05, 0) is 53.2 Å². The molecule has 5 heteroatoms. The lowest BCUT2D eigenvalue weighted by Crippen LogP contribution is -2.58. The van der Waals surface area contributed by atoms with Crippen molar-refractivity contribution in [3.8, 4) is 0 Å². The number of nitrogens with one attached hydrogen (secondary N) is 1. The Balaban J connectivity index is 2.16. The molecule has 1 aromatic heterocycles. The van der Waals surface area contributed by atoms with Crippen LogP contribution in [0, 0.1) is 0 Å². The molecule has 1 N–H and O–H groups in total. The lowest BCUT2D eigenvalue weighted by Gasteiger charge is -2.44. The highest BCUT2D eigenvalue weighted by Crippen LogP contribution is 2.29. The zero-order valence-electron chi connectivity index (χ0n) is 13.4. The highest BCUT2D eigenvalue weighted by molar-refractivity contribution is 5.02. The van der Waals surface area contributed by atoms with Gasteiger partial charge in [0, 0.05) is 24.5 Å². The van der Waals surface area contributed by atoms with Crippen molar-refractivity contribution in [2.45, 2.75) is 64.6 Å². The molecule has 0 bridgehead atoms. The first-order valence-corrected chi connectivity index (χ1v) is 7.94. The summed E-state index contributed by atoms with van der Waals surface area (Å²) in [5.41, 5.74) is 0.190. The van der Waals surface area contributed by atoms with Crippen molar-refractivity contribution in [3.63, 3.8) is 0 Å². The molecule has 0 amide bonds. The highest BCUT2D eigenvalue weighted by atomic mass is 15.3. The molecule has 0 radical (unpaired) electrons. The van der Waals surface area contributed by atoms with Crippen LogP contribution >= 0.6 is 0 Å². The lowest BCUT2D eigenvalue weighted by molar-refractivity contribution is 0.0860. The summed E-state index contributed by atoms with van der Waals surface area (Å²) in [7, 11) is 2.07. The highest BCUT2D eigenvalue weighted by Gasteiger charge is 2.39. The minimum Gasteiger partial charge on any atom is -0.315 e. The summed E-state index contributed by atoms with van der Waals surface area (Å²) in [5, 5.41) is 7.83.